The summed E-state index contributed by atoms with van der Waals surface area (Å²) in [6.45, 7) is 11.7. The third kappa shape index (κ3) is 9.67. The van der Waals surface area contributed by atoms with Crippen LogP contribution in [0, 0.1) is 0 Å². The summed E-state index contributed by atoms with van der Waals surface area (Å²) in [5.74, 6) is 0.940. The highest BCUT2D eigenvalue weighted by Gasteiger charge is 2.39. The Morgan fingerprint density at radius 1 is 1.00 bits per heavy atom. The number of halogens is 1. The van der Waals surface area contributed by atoms with Gasteiger partial charge in [-0.15, -0.1) is 24.0 Å². The van der Waals surface area contributed by atoms with Crippen LogP contribution in [0.5, 0.6) is 0 Å². The normalized spacial score (nSPS) is 20.9. The molecule has 2 rings (SSSR count). The van der Waals surface area contributed by atoms with Crippen molar-refractivity contribution < 1.29 is 9.47 Å². The van der Waals surface area contributed by atoms with Gasteiger partial charge in [-0.3, -0.25) is 9.89 Å². The predicted molar refractivity (Wildman–Crippen MR) is 132 cm³/mol. The van der Waals surface area contributed by atoms with Gasteiger partial charge in [-0.2, -0.15) is 0 Å². The molecular formula is C21H44IN5O2. The molecule has 2 N–H and O–H groups in total. The lowest BCUT2D eigenvalue weighted by molar-refractivity contribution is 0.0208. The number of rotatable bonds is 11. The van der Waals surface area contributed by atoms with Gasteiger partial charge in [0.05, 0.1) is 19.8 Å². The van der Waals surface area contributed by atoms with Crippen molar-refractivity contribution in [3.63, 3.8) is 0 Å². The molecule has 2 fully saturated rings. The second-order valence-corrected chi connectivity index (χ2v) is 8.16. The number of guanidine groups is 1. The number of likely N-dealkylation sites (tertiary alicyclic amines) is 2. The number of nitrogens with one attached hydrogen (secondary N) is 2. The van der Waals surface area contributed by atoms with E-state index in [1.54, 1.807) is 7.11 Å². The van der Waals surface area contributed by atoms with Gasteiger partial charge in [0.1, 0.15) is 0 Å². The zero-order valence-electron chi connectivity index (χ0n) is 18.9. The van der Waals surface area contributed by atoms with Crippen molar-refractivity contribution in [1.82, 2.24) is 20.4 Å². The number of nitrogens with zero attached hydrogens (tertiary/aromatic N) is 3. The van der Waals surface area contributed by atoms with Gasteiger partial charge in [0.25, 0.3) is 0 Å². The summed E-state index contributed by atoms with van der Waals surface area (Å²) in [5.41, 5.74) is 0.235. The summed E-state index contributed by atoms with van der Waals surface area (Å²) < 4.78 is 10.5. The Kier molecular flexibility index (Phi) is 14.5. The molecule has 0 aromatic rings. The van der Waals surface area contributed by atoms with Crippen molar-refractivity contribution >= 4 is 29.9 Å². The van der Waals surface area contributed by atoms with Crippen molar-refractivity contribution in [3.05, 3.63) is 0 Å². The maximum atomic E-state index is 5.54. The average molecular weight is 526 g/mol. The van der Waals surface area contributed by atoms with Crippen LogP contribution in [0.4, 0.5) is 0 Å². The van der Waals surface area contributed by atoms with Gasteiger partial charge in [-0.1, -0.05) is 6.42 Å². The quantitative estimate of drug-likeness (QED) is 0.187. The summed E-state index contributed by atoms with van der Waals surface area (Å²) in [6.07, 6.45) is 7.47. The number of hydrogen-bond acceptors (Lipinski definition) is 5. The molecule has 0 atom stereocenters. The van der Waals surface area contributed by atoms with E-state index in [2.05, 4.69) is 34.4 Å². The Hall–Kier alpha value is -0.160. The molecule has 0 spiro atoms. The van der Waals surface area contributed by atoms with Gasteiger partial charge in [0.2, 0.25) is 0 Å². The fourth-order valence-corrected chi connectivity index (χ4v) is 4.17. The lowest BCUT2D eigenvalue weighted by Gasteiger charge is -2.49. The molecule has 0 aliphatic carbocycles. The second kappa shape index (κ2) is 15.6. The highest BCUT2D eigenvalue weighted by atomic mass is 127. The van der Waals surface area contributed by atoms with Crippen molar-refractivity contribution in [2.45, 2.75) is 51.0 Å². The van der Waals surface area contributed by atoms with E-state index in [0.717, 1.165) is 38.6 Å². The minimum atomic E-state index is 0. The fourth-order valence-electron chi connectivity index (χ4n) is 4.17. The van der Waals surface area contributed by atoms with E-state index in [1.165, 1.54) is 58.3 Å². The molecule has 7 nitrogen and oxygen atoms in total. The maximum Gasteiger partial charge on any atom is 0.191 e. The van der Waals surface area contributed by atoms with E-state index in [0.29, 0.717) is 13.2 Å². The fraction of sp³-hybridized carbons (Fsp3) is 0.952. The van der Waals surface area contributed by atoms with E-state index < -0.39 is 0 Å². The number of piperidine rings is 2. The lowest BCUT2D eigenvalue weighted by Crippen LogP contribution is -2.58. The molecule has 0 bridgehead atoms. The first-order chi connectivity index (χ1) is 13.7. The van der Waals surface area contributed by atoms with Crippen LogP contribution in [-0.4, -0.2) is 101 Å². The number of methoxy groups -OCH3 is 1. The van der Waals surface area contributed by atoms with E-state index in [4.69, 9.17) is 14.5 Å². The molecule has 2 aliphatic rings. The van der Waals surface area contributed by atoms with E-state index in [9.17, 15) is 0 Å². The molecule has 0 aromatic heterocycles. The summed E-state index contributed by atoms with van der Waals surface area (Å²) in [5, 5.41) is 6.89. The summed E-state index contributed by atoms with van der Waals surface area (Å²) in [6, 6.07) is 0. The molecule has 2 heterocycles. The zero-order valence-corrected chi connectivity index (χ0v) is 21.2. The van der Waals surface area contributed by atoms with E-state index in [-0.39, 0.29) is 29.5 Å². The van der Waals surface area contributed by atoms with Crippen LogP contribution >= 0.6 is 24.0 Å². The minimum absolute atomic E-state index is 0. The third-order valence-corrected chi connectivity index (χ3v) is 6.01. The Labute approximate surface area is 195 Å². The van der Waals surface area contributed by atoms with Crippen molar-refractivity contribution in [2.75, 3.05) is 79.8 Å². The number of aliphatic imine (C=N–C) groups is 1. The minimum Gasteiger partial charge on any atom is -0.382 e. The average Bonchev–Trinajstić information content (AvgIpc) is 2.73. The zero-order chi connectivity index (χ0) is 20.1. The highest BCUT2D eigenvalue weighted by Crippen LogP contribution is 2.31. The molecule has 0 radical (unpaired) electrons. The lowest BCUT2D eigenvalue weighted by atomic mass is 9.84. The standard InChI is InChI=1S/C21H43N5O2.HI/c1-4-22-20(23-11-8-16-28-18-17-27-3)24-19-21(9-14-25(2)15-10-21)26-12-6-5-7-13-26;/h4-19H2,1-3H3,(H2,22,23,24);1H. The maximum absolute atomic E-state index is 5.54. The Morgan fingerprint density at radius 3 is 2.38 bits per heavy atom. The summed E-state index contributed by atoms with van der Waals surface area (Å²) in [7, 11) is 3.94. The molecule has 2 saturated heterocycles. The van der Waals surface area contributed by atoms with Crippen molar-refractivity contribution in [2.24, 2.45) is 4.99 Å². The highest BCUT2D eigenvalue weighted by molar-refractivity contribution is 14.0. The van der Waals surface area contributed by atoms with Gasteiger partial charge >= 0.3 is 0 Å². The first kappa shape index (κ1) is 26.9. The monoisotopic (exact) mass is 525 g/mol. The first-order valence-electron chi connectivity index (χ1n) is 11.2. The van der Waals surface area contributed by atoms with Crippen LogP contribution in [-0.2, 0) is 9.47 Å². The Balaban J connectivity index is 0.00000420. The van der Waals surface area contributed by atoms with Crippen molar-refractivity contribution in [3.8, 4) is 0 Å². The molecule has 8 heteroatoms. The van der Waals surface area contributed by atoms with Crippen LogP contribution in [0.3, 0.4) is 0 Å². The molecular weight excluding hydrogens is 481 g/mol. The van der Waals surface area contributed by atoms with Crippen LogP contribution in [0.1, 0.15) is 45.4 Å². The molecule has 0 unspecified atom stereocenters. The largest absolute Gasteiger partial charge is 0.382 e. The Bertz CT molecular complexity index is 439. The van der Waals surface area contributed by atoms with Crippen LogP contribution in [0.15, 0.2) is 4.99 Å². The predicted octanol–water partition coefficient (Wildman–Crippen LogP) is 2.16. The Morgan fingerprint density at radius 2 is 1.72 bits per heavy atom. The topological polar surface area (TPSA) is 61.4 Å². The molecule has 2 aliphatic heterocycles. The van der Waals surface area contributed by atoms with Crippen LogP contribution < -0.4 is 10.6 Å². The van der Waals surface area contributed by atoms with Gasteiger partial charge in [-0.25, -0.2) is 0 Å². The van der Waals surface area contributed by atoms with Gasteiger partial charge < -0.3 is 25.0 Å². The number of ether oxygens (including phenoxy) is 2. The molecule has 172 valence electrons. The molecule has 0 saturated carbocycles. The second-order valence-electron chi connectivity index (χ2n) is 8.16. The molecule has 0 aromatic carbocycles. The van der Waals surface area contributed by atoms with Gasteiger partial charge in [0, 0.05) is 32.3 Å². The third-order valence-electron chi connectivity index (χ3n) is 6.01. The molecule has 29 heavy (non-hydrogen) atoms. The molecule has 0 amide bonds. The summed E-state index contributed by atoms with van der Waals surface area (Å²) in [4.78, 5) is 10.2. The first-order valence-corrected chi connectivity index (χ1v) is 11.2. The van der Waals surface area contributed by atoms with Crippen LogP contribution in [0.25, 0.3) is 0 Å². The smallest absolute Gasteiger partial charge is 0.191 e. The van der Waals surface area contributed by atoms with E-state index >= 15 is 0 Å². The van der Waals surface area contributed by atoms with Crippen molar-refractivity contribution in [1.29, 1.82) is 0 Å². The van der Waals surface area contributed by atoms with Gasteiger partial charge in [0.15, 0.2) is 5.96 Å². The van der Waals surface area contributed by atoms with Crippen LogP contribution in [0.2, 0.25) is 0 Å². The SMILES string of the molecule is CCNC(=NCC1(N2CCCCC2)CCN(C)CC1)NCCCOCCOC.I. The summed E-state index contributed by atoms with van der Waals surface area (Å²) >= 11 is 0. The number of hydrogen-bond donors (Lipinski definition) is 2. The van der Waals surface area contributed by atoms with E-state index in [1.807, 2.05) is 0 Å². The van der Waals surface area contributed by atoms with Gasteiger partial charge in [-0.05, 0) is 72.3 Å².